The Labute approximate surface area is 124 Å². The highest BCUT2D eigenvalue weighted by atomic mass is 19.1. The summed E-state index contributed by atoms with van der Waals surface area (Å²) in [5.41, 5.74) is 2.13. The van der Waals surface area contributed by atoms with Gasteiger partial charge in [-0.05, 0) is 25.0 Å². The summed E-state index contributed by atoms with van der Waals surface area (Å²) in [5, 5.41) is 12.3. The monoisotopic (exact) mass is 288 g/mol. The zero-order valence-corrected chi connectivity index (χ0v) is 12.4. The predicted octanol–water partition coefficient (Wildman–Crippen LogP) is 2.99. The summed E-state index contributed by atoms with van der Waals surface area (Å²) in [4.78, 5) is 4.40. The number of hydrogen-bond donors (Lipinski definition) is 2. The highest BCUT2D eigenvalue weighted by Gasteiger charge is 2.13. The van der Waals surface area contributed by atoms with Crippen LogP contribution in [0.25, 0.3) is 11.3 Å². The molecule has 0 aliphatic carbocycles. The van der Waals surface area contributed by atoms with Crippen LogP contribution in [0, 0.1) is 11.7 Å². The number of nitrogens with zero attached hydrogens (tertiary/aromatic N) is 1. The van der Waals surface area contributed by atoms with Crippen molar-refractivity contribution in [3.63, 3.8) is 0 Å². The number of aromatic nitrogens is 1. The molecule has 0 aliphatic heterocycles. The van der Waals surface area contributed by atoms with Gasteiger partial charge in [-0.15, -0.1) is 0 Å². The van der Waals surface area contributed by atoms with Gasteiger partial charge < -0.3 is 10.4 Å². The number of aliphatic hydroxyl groups excluding tert-OH is 1. The number of rotatable bonds is 6. The predicted molar refractivity (Wildman–Crippen MR) is 82.2 cm³/mol. The van der Waals surface area contributed by atoms with E-state index < -0.39 is 0 Å². The molecule has 0 bridgehead atoms. The largest absolute Gasteiger partial charge is 0.396 e. The van der Waals surface area contributed by atoms with E-state index in [9.17, 15) is 4.39 Å². The maximum absolute atomic E-state index is 13.9. The van der Waals surface area contributed by atoms with Gasteiger partial charge in [-0.25, -0.2) is 9.37 Å². The van der Waals surface area contributed by atoms with Crippen molar-refractivity contribution in [1.82, 2.24) is 10.3 Å². The fourth-order valence-electron chi connectivity index (χ4n) is 1.99. The van der Waals surface area contributed by atoms with Gasteiger partial charge in [-0.3, -0.25) is 0 Å². The SMILES string of the molecule is CC(CO)[C@@H](C)NCc1nc(-c2ccccc2)ccc1F. The number of benzene rings is 1. The molecule has 0 amide bonds. The molecule has 2 N–H and O–H groups in total. The lowest BCUT2D eigenvalue weighted by molar-refractivity contribution is 0.206. The van der Waals surface area contributed by atoms with Crippen LogP contribution < -0.4 is 5.32 Å². The number of hydrogen-bond acceptors (Lipinski definition) is 3. The van der Waals surface area contributed by atoms with Crippen LogP contribution in [0.15, 0.2) is 42.5 Å². The smallest absolute Gasteiger partial charge is 0.146 e. The van der Waals surface area contributed by atoms with Crippen molar-refractivity contribution in [2.75, 3.05) is 6.61 Å². The van der Waals surface area contributed by atoms with Crippen molar-refractivity contribution in [2.24, 2.45) is 5.92 Å². The van der Waals surface area contributed by atoms with Crippen LogP contribution in [0.3, 0.4) is 0 Å². The molecule has 0 fully saturated rings. The standard InChI is InChI=1S/C17H21FN2O/c1-12(11-21)13(2)19-10-17-15(18)8-9-16(20-17)14-6-4-3-5-7-14/h3-9,12-13,19,21H,10-11H2,1-2H3/t12?,13-/m1/s1. The van der Waals surface area contributed by atoms with E-state index in [1.807, 2.05) is 44.2 Å². The first-order valence-electron chi connectivity index (χ1n) is 7.17. The maximum Gasteiger partial charge on any atom is 0.146 e. The molecule has 2 atom stereocenters. The van der Waals surface area contributed by atoms with Crippen LogP contribution in [0.4, 0.5) is 4.39 Å². The van der Waals surface area contributed by atoms with Gasteiger partial charge in [-0.1, -0.05) is 37.3 Å². The first-order chi connectivity index (χ1) is 10.1. The van der Waals surface area contributed by atoms with E-state index in [-0.39, 0.29) is 24.4 Å². The minimum absolute atomic E-state index is 0.0941. The molecule has 0 aliphatic rings. The quantitative estimate of drug-likeness (QED) is 0.859. The molecule has 1 aromatic heterocycles. The number of nitrogens with one attached hydrogen (secondary N) is 1. The molecule has 0 saturated carbocycles. The third-order valence-electron chi connectivity index (χ3n) is 3.72. The summed E-state index contributed by atoms with van der Waals surface area (Å²) < 4.78 is 13.9. The number of pyridine rings is 1. The highest BCUT2D eigenvalue weighted by molar-refractivity contribution is 5.58. The average Bonchev–Trinajstić information content (AvgIpc) is 2.53. The van der Waals surface area contributed by atoms with E-state index in [4.69, 9.17) is 5.11 Å². The normalized spacial score (nSPS) is 13.9. The molecule has 4 heteroatoms. The van der Waals surface area contributed by atoms with Gasteiger partial charge in [0.2, 0.25) is 0 Å². The fraction of sp³-hybridized carbons (Fsp3) is 0.353. The van der Waals surface area contributed by atoms with Crippen molar-refractivity contribution in [3.05, 3.63) is 54.0 Å². The fourth-order valence-corrected chi connectivity index (χ4v) is 1.99. The van der Waals surface area contributed by atoms with Crippen molar-refractivity contribution >= 4 is 0 Å². The lowest BCUT2D eigenvalue weighted by Crippen LogP contribution is -2.33. The molecule has 0 spiro atoms. The van der Waals surface area contributed by atoms with Crippen molar-refractivity contribution < 1.29 is 9.50 Å². The van der Waals surface area contributed by atoms with Crippen molar-refractivity contribution in [1.29, 1.82) is 0 Å². The van der Waals surface area contributed by atoms with Gasteiger partial charge in [0.05, 0.1) is 11.4 Å². The number of aliphatic hydroxyl groups is 1. The third-order valence-corrected chi connectivity index (χ3v) is 3.72. The Morgan fingerprint density at radius 3 is 2.52 bits per heavy atom. The van der Waals surface area contributed by atoms with Gasteiger partial charge in [0.25, 0.3) is 0 Å². The molecule has 112 valence electrons. The summed E-state index contributed by atoms with van der Waals surface area (Å²) in [7, 11) is 0. The van der Waals surface area contributed by atoms with E-state index in [2.05, 4.69) is 10.3 Å². The zero-order valence-electron chi connectivity index (χ0n) is 12.4. The van der Waals surface area contributed by atoms with Gasteiger partial charge >= 0.3 is 0 Å². The Hall–Kier alpha value is -1.78. The molecular weight excluding hydrogens is 267 g/mol. The molecule has 2 rings (SSSR count). The Morgan fingerprint density at radius 1 is 1.14 bits per heavy atom. The van der Waals surface area contributed by atoms with Crippen molar-refractivity contribution in [2.45, 2.75) is 26.4 Å². The van der Waals surface area contributed by atoms with Gasteiger partial charge in [0.1, 0.15) is 5.82 Å². The van der Waals surface area contributed by atoms with Gasteiger partial charge in [0, 0.05) is 24.8 Å². The van der Waals surface area contributed by atoms with Gasteiger partial charge in [-0.2, -0.15) is 0 Å². The lowest BCUT2D eigenvalue weighted by Gasteiger charge is -2.19. The molecule has 0 radical (unpaired) electrons. The topological polar surface area (TPSA) is 45.1 Å². The van der Waals surface area contributed by atoms with E-state index in [1.165, 1.54) is 6.07 Å². The van der Waals surface area contributed by atoms with Crippen LogP contribution in [0.2, 0.25) is 0 Å². The van der Waals surface area contributed by atoms with Crippen LogP contribution in [-0.4, -0.2) is 22.7 Å². The Balaban J connectivity index is 2.13. The van der Waals surface area contributed by atoms with Crippen LogP contribution in [-0.2, 0) is 6.54 Å². The summed E-state index contributed by atoms with van der Waals surface area (Å²) >= 11 is 0. The molecule has 3 nitrogen and oxygen atoms in total. The van der Waals surface area contributed by atoms with E-state index in [0.717, 1.165) is 11.3 Å². The van der Waals surface area contributed by atoms with Crippen LogP contribution in [0.5, 0.6) is 0 Å². The minimum atomic E-state index is -0.314. The summed E-state index contributed by atoms with van der Waals surface area (Å²) in [6.45, 7) is 4.37. The van der Waals surface area contributed by atoms with Crippen LogP contribution in [0.1, 0.15) is 19.5 Å². The van der Waals surface area contributed by atoms with Gasteiger partial charge in [0.15, 0.2) is 0 Å². The average molecular weight is 288 g/mol. The Kier molecular flexibility index (Phi) is 5.42. The summed E-state index contributed by atoms with van der Waals surface area (Å²) in [6, 6.07) is 12.9. The summed E-state index contributed by atoms with van der Waals surface area (Å²) in [6.07, 6.45) is 0. The van der Waals surface area contributed by atoms with E-state index in [1.54, 1.807) is 6.07 Å². The second-order valence-electron chi connectivity index (χ2n) is 5.32. The summed E-state index contributed by atoms with van der Waals surface area (Å²) in [5.74, 6) is -0.198. The molecular formula is C17H21FN2O. The minimum Gasteiger partial charge on any atom is -0.396 e. The van der Waals surface area contributed by atoms with Crippen LogP contribution >= 0.6 is 0 Å². The van der Waals surface area contributed by atoms with E-state index in [0.29, 0.717) is 12.2 Å². The molecule has 1 heterocycles. The molecule has 1 aromatic carbocycles. The maximum atomic E-state index is 13.9. The first-order valence-corrected chi connectivity index (χ1v) is 7.17. The Bertz CT molecular complexity index is 574. The zero-order chi connectivity index (χ0) is 15.2. The second-order valence-corrected chi connectivity index (χ2v) is 5.32. The first kappa shape index (κ1) is 15.6. The Morgan fingerprint density at radius 2 is 1.86 bits per heavy atom. The molecule has 2 aromatic rings. The lowest BCUT2D eigenvalue weighted by atomic mass is 10.1. The number of halogens is 1. The second kappa shape index (κ2) is 7.29. The molecule has 1 unspecified atom stereocenters. The molecule has 21 heavy (non-hydrogen) atoms. The highest BCUT2D eigenvalue weighted by Crippen LogP contribution is 2.18. The van der Waals surface area contributed by atoms with E-state index >= 15 is 0 Å². The van der Waals surface area contributed by atoms with Crippen molar-refractivity contribution in [3.8, 4) is 11.3 Å². The third kappa shape index (κ3) is 4.09. The molecule has 0 saturated heterocycles.